The third kappa shape index (κ3) is 4.39. The van der Waals surface area contributed by atoms with Crippen molar-refractivity contribution in [3.63, 3.8) is 0 Å². The lowest BCUT2D eigenvalue weighted by Crippen LogP contribution is -2.10. The number of fused-ring (bicyclic) bond motifs is 11. The van der Waals surface area contributed by atoms with Crippen LogP contribution in [0.2, 0.25) is 0 Å². The SMILES string of the molecule is c1ccc(-c2nc3ccc4oc5cc(N(c6cccc7oc8ccccc8c67)c6cccc7c6c6ccccc6n7-c6ccccc6)ccc5c4c3o2)cc1. The third-order valence-corrected chi connectivity index (χ3v) is 10.8. The zero-order valence-corrected chi connectivity index (χ0v) is 29.3. The van der Waals surface area contributed by atoms with Crippen LogP contribution in [0.1, 0.15) is 0 Å². The molecule has 0 aliphatic carbocycles. The molecular formula is C49H29N3O3. The molecule has 258 valence electrons. The fourth-order valence-electron chi connectivity index (χ4n) is 8.47. The maximum absolute atomic E-state index is 6.66. The van der Waals surface area contributed by atoms with Crippen molar-refractivity contribution in [3.05, 3.63) is 176 Å². The molecule has 0 spiro atoms. The van der Waals surface area contributed by atoms with E-state index < -0.39 is 0 Å². The zero-order chi connectivity index (χ0) is 36.0. The molecule has 6 heteroatoms. The summed E-state index contributed by atoms with van der Waals surface area (Å²) in [6, 6.07) is 60.8. The van der Waals surface area contributed by atoms with Gasteiger partial charge < -0.3 is 22.7 Å². The van der Waals surface area contributed by atoms with E-state index >= 15 is 0 Å². The van der Waals surface area contributed by atoms with Gasteiger partial charge in [-0.05, 0) is 84.9 Å². The number of para-hydroxylation sites is 3. The molecule has 0 unspecified atom stereocenters. The van der Waals surface area contributed by atoms with Gasteiger partial charge in [0.05, 0.1) is 33.2 Å². The summed E-state index contributed by atoms with van der Waals surface area (Å²) in [5.41, 5.74) is 12.0. The van der Waals surface area contributed by atoms with E-state index in [4.69, 9.17) is 18.2 Å². The molecule has 55 heavy (non-hydrogen) atoms. The summed E-state index contributed by atoms with van der Waals surface area (Å²) in [7, 11) is 0. The summed E-state index contributed by atoms with van der Waals surface area (Å²) in [6.45, 7) is 0. The number of furan rings is 2. The number of anilines is 3. The molecule has 6 nitrogen and oxygen atoms in total. The molecular weight excluding hydrogens is 679 g/mol. The number of hydrogen-bond donors (Lipinski definition) is 0. The number of oxazole rings is 1. The molecule has 0 saturated carbocycles. The van der Waals surface area contributed by atoms with Gasteiger partial charge >= 0.3 is 0 Å². The van der Waals surface area contributed by atoms with E-state index in [1.165, 1.54) is 0 Å². The number of hydrogen-bond acceptors (Lipinski definition) is 5. The second kappa shape index (κ2) is 11.5. The Morgan fingerprint density at radius 3 is 1.96 bits per heavy atom. The average molecular weight is 708 g/mol. The summed E-state index contributed by atoms with van der Waals surface area (Å²) in [5.74, 6) is 0.587. The number of nitrogens with zero attached hydrogens (tertiary/aromatic N) is 3. The Morgan fingerprint density at radius 2 is 1.09 bits per heavy atom. The Labute approximate surface area is 313 Å². The van der Waals surface area contributed by atoms with Crippen LogP contribution >= 0.6 is 0 Å². The Morgan fingerprint density at radius 1 is 0.436 bits per heavy atom. The van der Waals surface area contributed by atoms with Gasteiger partial charge in [-0.15, -0.1) is 0 Å². The topological polar surface area (TPSA) is 60.5 Å². The summed E-state index contributed by atoms with van der Waals surface area (Å²) in [4.78, 5) is 7.20. The Bertz CT molecular complexity index is 3440. The fourth-order valence-corrected chi connectivity index (χ4v) is 8.47. The van der Waals surface area contributed by atoms with Crippen molar-refractivity contribution in [2.75, 3.05) is 4.90 Å². The van der Waals surface area contributed by atoms with Gasteiger partial charge in [-0.3, -0.25) is 0 Å². The molecule has 0 radical (unpaired) electrons. The maximum atomic E-state index is 6.66. The van der Waals surface area contributed by atoms with Gasteiger partial charge in [-0.2, -0.15) is 0 Å². The number of benzene rings is 8. The molecule has 0 N–H and O–H groups in total. The molecule has 12 aromatic rings. The normalized spacial score (nSPS) is 12.0. The van der Waals surface area contributed by atoms with Gasteiger partial charge in [-0.25, -0.2) is 4.98 Å². The van der Waals surface area contributed by atoms with Gasteiger partial charge in [0.15, 0.2) is 5.58 Å². The van der Waals surface area contributed by atoms with Crippen molar-refractivity contribution < 1.29 is 13.3 Å². The van der Waals surface area contributed by atoms with Crippen LogP contribution in [0.5, 0.6) is 0 Å². The summed E-state index contributed by atoms with van der Waals surface area (Å²) < 4.78 is 21.9. The lowest BCUT2D eigenvalue weighted by Gasteiger charge is -2.27. The highest BCUT2D eigenvalue weighted by Gasteiger charge is 2.25. The molecule has 4 aromatic heterocycles. The van der Waals surface area contributed by atoms with Crippen molar-refractivity contribution in [2.45, 2.75) is 0 Å². The second-order valence-electron chi connectivity index (χ2n) is 13.9. The van der Waals surface area contributed by atoms with Crippen molar-refractivity contribution >= 4 is 93.8 Å². The first-order valence-corrected chi connectivity index (χ1v) is 18.4. The van der Waals surface area contributed by atoms with Crippen molar-refractivity contribution in [1.29, 1.82) is 0 Å². The summed E-state index contributed by atoms with van der Waals surface area (Å²) >= 11 is 0. The average Bonchev–Trinajstić information content (AvgIpc) is 4.02. The maximum Gasteiger partial charge on any atom is 0.227 e. The molecule has 0 saturated heterocycles. The van der Waals surface area contributed by atoms with Crippen molar-refractivity contribution in [1.82, 2.24) is 9.55 Å². The summed E-state index contributed by atoms with van der Waals surface area (Å²) in [5, 5.41) is 6.29. The minimum absolute atomic E-state index is 0.587. The van der Waals surface area contributed by atoms with E-state index in [1.54, 1.807) is 0 Å². The van der Waals surface area contributed by atoms with Gasteiger partial charge in [0.25, 0.3) is 0 Å². The smallest absolute Gasteiger partial charge is 0.227 e. The minimum Gasteiger partial charge on any atom is -0.456 e. The molecule has 0 amide bonds. The zero-order valence-electron chi connectivity index (χ0n) is 29.3. The van der Waals surface area contributed by atoms with Gasteiger partial charge in [0.1, 0.15) is 27.8 Å². The van der Waals surface area contributed by atoms with E-state index in [0.29, 0.717) is 11.5 Å². The van der Waals surface area contributed by atoms with Crippen LogP contribution in [0.25, 0.3) is 93.9 Å². The molecule has 0 atom stereocenters. The van der Waals surface area contributed by atoms with Crippen molar-refractivity contribution in [3.8, 4) is 17.1 Å². The quantitative estimate of drug-likeness (QED) is 0.178. The van der Waals surface area contributed by atoms with Crippen LogP contribution < -0.4 is 4.90 Å². The monoisotopic (exact) mass is 707 g/mol. The number of aromatic nitrogens is 2. The van der Waals surface area contributed by atoms with E-state index in [1.807, 2.05) is 60.7 Å². The molecule has 8 aromatic carbocycles. The van der Waals surface area contributed by atoms with Gasteiger partial charge in [0.2, 0.25) is 5.89 Å². The highest BCUT2D eigenvalue weighted by Crippen LogP contribution is 2.48. The van der Waals surface area contributed by atoms with Crippen LogP contribution in [-0.4, -0.2) is 9.55 Å². The van der Waals surface area contributed by atoms with Crippen LogP contribution in [0.3, 0.4) is 0 Å². The molecule has 12 rings (SSSR count). The van der Waals surface area contributed by atoms with E-state index in [0.717, 1.165) is 99.5 Å². The first-order valence-electron chi connectivity index (χ1n) is 18.4. The number of rotatable bonds is 5. The second-order valence-corrected chi connectivity index (χ2v) is 13.9. The van der Waals surface area contributed by atoms with Gasteiger partial charge in [0, 0.05) is 44.5 Å². The standard InChI is InChI=1S/C49H29N3O3/c1-3-13-30(14-4-1)49-50-36-27-28-43-47(48(36)55-49)35-26-25-32(29-44(35)54-43)52(40-22-12-24-42-46(40)34-18-8-10-23-41(34)53-42)39-21-11-20-38-45(39)33-17-7-9-19-37(33)51(38)31-15-5-2-6-16-31/h1-29H. The van der Waals surface area contributed by atoms with Crippen LogP contribution in [-0.2, 0) is 0 Å². The summed E-state index contributed by atoms with van der Waals surface area (Å²) in [6.07, 6.45) is 0. The predicted molar refractivity (Wildman–Crippen MR) is 223 cm³/mol. The van der Waals surface area contributed by atoms with Crippen LogP contribution in [0.15, 0.2) is 189 Å². The van der Waals surface area contributed by atoms with E-state index in [-0.39, 0.29) is 0 Å². The van der Waals surface area contributed by atoms with Gasteiger partial charge in [-0.1, -0.05) is 84.9 Å². The molecule has 4 heterocycles. The van der Waals surface area contributed by atoms with E-state index in [9.17, 15) is 0 Å². The fraction of sp³-hybridized carbons (Fsp3) is 0. The van der Waals surface area contributed by atoms with Crippen LogP contribution in [0, 0.1) is 0 Å². The first kappa shape index (κ1) is 29.9. The van der Waals surface area contributed by atoms with E-state index in [2.05, 4.69) is 125 Å². The van der Waals surface area contributed by atoms with Crippen molar-refractivity contribution in [2.24, 2.45) is 0 Å². The highest BCUT2D eigenvalue weighted by atomic mass is 16.4. The predicted octanol–water partition coefficient (Wildman–Crippen LogP) is 13.9. The largest absolute Gasteiger partial charge is 0.456 e. The highest BCUT2D eigenvalue weighted by molar-refractivity contribution is 6.21. The van der Waals surface area contributed by atoms with Crippen LogP contribution in [0.4, 0.5) is 17.1 Å². The minimum atomic E-state index is 0.587. The first-order chi connectivity index (χ1) is 27.3. The third-order valence-electron chi connectivity index (χ3n) is 10.8. The Kier molecular flexibility index (Phi) is 6.24. The Hall–Kier alpha value is -7.57. The Balaban J connectivity index is 1.15. The lowest BCUT2D eigenvalue weighted by molar-refractivity contribution is 0.622. The molecule has 0 fully saturated rings. The molecule has 0 aliphatic heterocycles. The lowest BCUT2D eigenvalue weighted by atomic mass is 10.0. The molecule has 0 bridgehead atoms. The molecule has 0 aliphatic rings.